The van der Waals surface area contributed by atoms with E-state index in [1.165, 1.54) is 4.90 Å². The Labute approximate surface area is 115 Å². The highest BCUT2D eigenvalue weighted by Gasteiger charge is 2.22. The van der Waals surface area contributed by atoms with Crippen LogP contribution in [0.4, 0.5) is 0 Å². The molecule has 0 spiro atoms. The topological polar surface area (TPSA) is 29.1 Å². The molecule has 2 nitrogen and oxygen atoms in total. The number of Topliss-reactive ketones (excluding diaryl/α,β-unsaturated/α-hetero) is 1. The van der Waals surface area contributed by atoms with Crippen LogP contribution in [0.3, 0.4) is 0 Å². The van der Waals surface area contributed by atoms with Crippen LogP contribution in [0.15, 0.2) is 29.2 Å². The van der Waals surface area contributed by atoms with E-state index < -0.39 is 0 Å². The third-order valence-electron chi connectivity index (χ3n) is 3.02. The summed E-state index contributed by atoms with van der Waals surface area (Å²) in [7, 11) is 1.89. The highest BCUT2D eigenvalue weighted by molar-refractivity contribution is 7.99. The molecule has 0 aliphatic rings. The van der Waals surface area contributed by atoms with E-state index >= 15 is 0 Å². The average molecular weight is 265 g/mol. The van der Waals surface area contributed by atoms with Crippen LogP contribution in [0.5, 0.6) is 0 Å². The van der Waals surface area contributed by atoms with Gasteiger partial charge in [0.05, 0.1) is 0 Å². The first-order chi connectivity index (χ1) is 8.60. The molecule has 1 rings (SSSR count). The molecular formula is C15H23NOS. The number of carbonyl (C=O) groups is 1. The van der Waals surface area contributed by atoms with Gasteiger partial charge in [0, 0.05) is 22.9 Å². The van der Waals surface area contributed by atoms with Gasteiger partial charge in [0.25, 0.3) is 0 Å². The molecule has 1 aromatic carbocycles. The van der Waals surface area contributed by atoms with Crippen molar-refractivity contribution in [1.82, 2.24) is 5.32 Å². The fourth-order valence-corrected chi connectivity index (χ4v) is 2.61. The Morgan fingerprint density at radius 3 is 2.33 bits per heavy atom. The Hall–Kier alpha value is -0.800. The molecule has 1 atom stereocenters. The summed E-state index contributed by atoms with van der Waals surface area (Å²) in [6.45, 7) is 7.07. The number of rotatable bonds is 7. The summed E-state index contributed by atoms with van der Waals surface area (Å²) in [5, 5.41) is 3.11. The van der Waals surface area contributed by atoms with E-state index in [0.717, 1.165) is 17.9 Å². The number of benzene rings is 1. The fraction of sp³-hybridized carbons (Fsp3) is 0.533. The van der Waals surface area contributed by atoms with Crippen LogP contribution in [0, 0.1) is 11.8 Å². The lowest BCUT2D eigenvalue weighted by atomic mass is 9.88. The van der Waals surface area contributed by atoms with Crippen molar-refractivity contribution < 1.29 is 4.79 Å². The van der Waals surface area contributed by atoms with Crippen molar-refractivity contribution in [3.63, 3.8) is 0 Å². The molecule has 0 fully saturated rings. The standard InChI is InChI=1S/C15H23NOS/c1-5-18-13-8-6-12(7-9-13)15(17)14(10-16-4)11(2)3/h6-9,11,14,16H,5,10H2,1-4H3. The number of carbonyl (C=O) groups excluding carboxylic acids is 1. The Balaban J connectivity index is 2.81. The molecule has 0 amide bonds. The third kappa shape index (κ3) is 4.14. The van der Waals surface area contributed by atoms with E-state index in [1.807, 2.05) is 31.3 Å². The fourth-order valence-electron chi connectivity index (χ4n) is 1.95. The van der Waals surface area contributed by atoms with Gasteiger partial charge >= 0.3 is 0 Å². The molecule has 1 unspecified atom stereocenters. The molecule has 1 N–H and O–H groups in total. The Morgan fingerprint density at radius 1 is 1.28 bits per heavy atom. The van der Waals surface area contributed by atoms with Crippen LogP contribution in [-0.2, 0) is 0 Å². The van der Waals surface area contributed by atoms with Crippen molar-refractivity contribution in [2.75, 3.05) is 19.3 Å². The Morgan fingerprint density at radius 2 is 1.89 bits per heavy atom. The van der Waals surface area contributed by atoms with Crippen LogP contribution in [0.1, 0.15) is 31.1 Å². The van der Waals surface area contributed by atoms with E-state index in [9.17, 15) is 4.79 Å². The zero-order valence-corrected chi connectivity index (χ0v) is 12.5. The van der Waals surface area contributed by atoms with E-state index in [-0.39, 0.29) is 11.7 Å². The lowest BCUT2D eigenvalue weighted by Gasteiger charge is -2.19. The van der Waals surface area contributed by atoms with Gasteiger partial charge in [0.15, 0.2) is 5.78 Å². The summed E-state index contributed by atoms with van der Waals surface area (Å²) >= 11 is 1.80. The van der Waals surface area contributed by atoms with Crippen molar-refractivity contribution in [3.8, 4) is 0 Å². The Kier molecular flexibility index (Phi) is 6.44. The Bertz CT molecular complexity index is 373. The van der Waals surface area contributed by atoms with E-state index in [4.69, 9.17) is 0 Å². The predicted octanol–water partition coefficient (Wildman–Crippen LogP) is 3.47. The van der Waals surface area contributed by atoms with Crippen LogP contribution in [0.2, 0.25) is 0 Å². The third-order valence-corrected chi connectivity index (χ3v) is 3.91. The number of hydrogen-bond acceptors (Lipinski definition) is 3. The SMILES string of the molecule is CCSc1ccc(C(=O)C(CNC)C(C)C)cc1. The smallest absolute Gasteiger partial charge is 0.167 e. The van der Waals surface area contributed by atoms with Crippen LogP contribution >= 0.6 is 11.8 Å². The van der Waals surface area contributed by atoms with Gasteiger partial charge in [0.1, 0.15) is 0 Å². The van der Waals surface area contributed by atoms with E-state index in [2.05, 4.69) is 26.1 Å². The summed E-state index contributed by atoms with van der Waals surface area (Å²) in [6.07, 6.45) is 0. The number of ketones is 1. The maximum absolute atomic E-state index is 12.4. The van der Waals surface area contributed by atoms with Crippen molar-refractivity contribution in [2.45, 2.75) is 25.7 Å². The minimum atomic E-state index is 0.0553. The van der Waals surface area contributed by atoms with Crippen LogP contribution in [-0.4, -0.2) is 25.1 Å². The summed E-state index contributed by atoms with van der Waals surface area (Å²) < 4.78 is 0. The van der Waals surface area contributed by atoms with Gasteiger partial charge in [-0.25, -0.2) is 0 Å². The summed E-state index contributed by atoms with van der Waals surface area (Å²) in [5.41, 5.74) is 0.824. The molecule has 0 saturated heterocycles. The van der Waals surface area contributed by atoms with E-state index in [1.54, 1.807) is 11.8 Å². The van der Waals surface area contributed by atoms with Crippen molar-refractivity contribution in [3.05, 3.63) is 29.8 Å². The molecule has 0 saturated carbocycles. The van der Waals surface area contributed by atoms with Crippen LogP contribution in [0.25, 0.3) is 0 Å². The van der Waals surface area contributed by atoms with Gasteiger partial charge in [-0.3, -0.25) is 4.79 Å². The summed E-state index contributed by atoms with van der Waals surface area (Å²) in [4.78, 5) is 13.6. The second-order valence-corrected chi connectivity index (χ2v) is 6.07. The van der Waals surface area contributed by atoms with Gasteiger partial charge in [-0.2, -0.15) is 0 Å². The van der Waals surface area contributed by atoms with Crippen molar-refractivity contribution >= 4 is 17.5 Å². The largest absolute Gasteiger partial charge is 0.319 e. The van der Waals surface area contributed by atoms with Gasteiger partial charge in [-0.05, 0) is 30.9 Å². The number of thioether (sulfide) groups is 1. The summed E-state index contributed by atoms with van der Waals surface area (Å²) in [6, 6.07) is 7.98. The average Bonchev–Trinajstić information content (AvgIpc) is 2.36. The first-order valence-corrected chi connectivity index (χ1v) is 7.50. The zero-order valence-electron chi connectivity index (χ0n) is 11.7. The van der Waals surface area contributed by atoms with Gasteiger partial charge in [-0.15, -0.1) is 11.8 Å². The van der Waals surface area contributed by atoms with Gasteiger partial charge in [0.2, 0.25) is 0 Å². The lowest BCUT2D eigenvalue weighted by Crippen LogP contribution is -2.30. The molecular weight excluding hydrogens is 242 g/mol. The highest BCUT2D eigenvalue weighted by Crippen LogP contribution is 2.21. The molecule has 0 aromatic heterocycles. The maximum Gasteiger partial charge on any atom is 0.167 e. The van der Waals surface area contributed by atoms with Crippen LogP contribution < -0.4 is 5.32 Å². The monoisotopic (exact) mass is 265 g/mol. The number of nitrogens with one attached hydrogen (secondary N) is 1. The molecule has 1 aromatic rings. The lowest BCUT2D eigenvalue weighted by molar-refractivity contribution is 0.0886. The minimum absolute atomic E-state index is 0.0553. The van der Waals surface area contributed by atoms with Crippen molar-refractivity contribution in [1.29, 1.82) is 0 Å². The normalized spacial score (nSPS) is 12.7. The molecule has 0 aliphatic heterocycles. The molecule has 100 valence electrons. The summed E-state index contributed by atoms with van der Waals surface area (Å²) in [5.74, 6) is 1.71. The minimum Gasteiger partial charge on any atom is -0.319 e. The molecule has 0 radical (unpaired) electrons. The zero-order chi connectivity index (χ0) is 13.5. The first-order valence-electron chi connectivity index (χ1n) is 6.51. The first kappa shape index (κ1) is 15.3. The molecule has 0 heterocycles. The second-order valence-electron chi connectivity index (χ2n) is 4.73. The van der Waals surface area contributed by atoms with Gasteiger partial charge in [-0.1, -0.05) is 32.9 Å². The van der Waals surface area contributed by atoms with Gasteiger partial charge < -0.3 is 5.32 Å². The quantitative estimate of drug-likeness (QED) is 0.604. The molecule has 18 heavy (non-hydrogen) atoms. The highest BCUT2D eigenvalue weighted by atomic mass is 32.2. The number of hydrogen-bond donors (Lipinski definition) is 1. The second kappa shape index (κ2) is 7.59. The molecule has 0 aliphatic carbocycles. The van der Waals surface area contributed by atoms with E-state index in [0.29, 0.717) is 5.92 Å². The maximum atomic E-state index is 12.4. The molecule has 0 bridgehead atoms. The predicted molar refractivity (Wildman–Crippen MR) is 79.4 cm³/mol. The molecule has 3 heteroatoms. The van der Waals surface area contributed by atoms with Crippen molar-refractivity contribution in [2.24, 2.45) is 11.8 Å².